The van der Waals surface area contributed by atoms with E-state index in [1.807, 2.05) is 6.92 Å². The van der Waals surface area contributed by atoms with Gasteiger partial charge in [-0.1, -0.05) is 44.3 Å². The number of esters is 1. The summed E-state index contributed by atoms with van der Waals surface area (Å²) in [6.45, 7) is 2.03. The van der Waals surface area contributed by atoms with Crippen LogP contribution in [0.1, 0.15) is 90.4 Å². The highest BCUT2D eigenvalue weighted by molar-refractivity contribution is 5.69. The summed E-state index contributed by atoms with van der Waals surface area (Å²) >= 11 is 0. The molecule has 1 unspecified atom stereocenters. The van der Waals surface area contributed by atoms with Gasteiger partial charge in [0.15, 0.2) is 0 Å². The van der Waals surface area contributed by atoms with Gasteiger partial charge in [-0.25, -0.2) is 0 Å². The first-order valence-corrected chi connectivity index (χ1v) is 8.63. The van der Waals surface area contributed by atoms with E-state index in [1.54, 1.807) is 0 Å². The number of carbonyl (C=O) groups excluding carboxylic acids is 1. The van der Waals surface area contributed by atoms with Crippen molar-refractivity contribution in [3.63, 3.8) is 0 Å². The summed E-state index contributed by atoms with van der Waals surface area (Å²) in [7, 11) is 0. The highest BCUT2D eigenvalue weighted by Gasteiger charge is 2.08. The lowest BCUT2D eigenvalue weighted by Crippen LogP contribution is -2.14. The van der Waals surface area contributed by atoms with E-state index in [2.05, 4.69) is 12.2 Å². The van der Waals surface area contributed by atoms with E-state index >= 15 is 0 Å². The molecule has 0 N–H and O–H groups in total. The molecule has 0 aromatic carbocycles. The Hall–Kier alpha value is -0.790. The van der Waals surface area contributed by atoms with Gasteiger partial charge in [0.25, 0.3) is 0 Å². The van der Waals surface area contributed by atoms with E-state index < -0.39 is 0 Å². The van der Waals surface area contributed by atoms with Crippen molar-refractivity contribution in [2.75, 3.05) is 0 Å². The highest BCUT2D eigenvalue weighted by atomic mass is 16.5. The summed E-state index contributed by atoms with van der Waals surface area (Å²) in [5, 5.41) is 0. The van der Waals surface area contributed by atoms with Gasteiger partial charge in [-0.15, -0.1) is 0 Å². The van der Waals surface area contributed by atoms with Gasteiger partial charge in [0.1, 0.15) is 0 Å². The molecule has 0 saturated heterocycles. The van der Waals surface area contributed by atoms with E-state index in [4.69, 9.17) is 4.74 Å². The van der Waals surface area contributed by atoms with Gasteiger partial charge in [-0.2, -0.15) is 0 Å². The maximum Gasteiger partial charge on any atom is 0.306 e. The first-order valence-electron chi connectivity index (χ1n) is 8.63. The van der Waals surface area contributed by atoms with E-state index in [1.165, 1.54) is 51.4 Å². The highest BCUT2D eigenvalue weighted by Crippen LogP contribution is 2.13. The van der Waals surface area contributed by atoms with Gasteiger partial charge in [-0.05, 0) is 51.9 Å². The molecule has 0 spiro atoms. The molecule has 20 heavy (non-hydrogen) atoms. The van der Waals surface area contributed by atoms with Crippen LogP contribution in [0.25, 0.3) is 0 Å². The van der Waals surface area contributed by atoms with Gasteiger partial charge in [0.2, 0.25) is 0 Å². The van der Waals surface area contributed by atoms with Crippen molar-refractivity contribution in [1.82, 2.24) is 0 Å². The van der Waals surface area contributed by atoms with Crippen molar-refractivity contribution in [3.05, 3.63) is 12.2 Å². The van der Waals surface area contributed by atoms with E-state index in [0.717, 1.165) is 25.7 Å². The number of cyclic esters (lactones) is 1. The van der Waals surface area contributed by atoms with Crippen LogP contribution in [0.3, 0.4) is 0 Å². The number of hydrogen-bond donors (Lipinski definition) is 0. The van der Waals surface area contributed by atoms with Crippen LogP contribution in [0.2, 0.25) is 0 Å². The Morgan fingerprint density at radius 3 is 2.10 bits per heavy atom. The number of allylic oxidation sites excluding steroid dienone is 2. The largest absolute Gasteiger partial charge is 0.463 e. The van der Waals surface area contributed by atoms with Crippen molar-refractivity contribution in [2.24, 2.45) is 0 Å². The Bertz CT molecular complexity index is 271. The molecule has 0 bridgehead atoms. The van der Waals surface area contributed by atoms with Crippen molar-refractivity contribution >= 4 is 5.97 Å². The van der Waals surface area contributed by atoms with Crippen LogP contribution in [0.4, 0.5) is 0 Å². The molecule has 0 saturated carbocycles. The third-order valence-electron chi connectivity index (χ3n) is 3.98. The minimum atomic E-state index is -0.0115. The van der Waals surface area contributed by atoms with Crippen LogP contribution in [0.15, 0.2) is 12.2 Å². The second kappa shape index (κ2) is 12.0. The fourth-order valence-corrected chi connectivity index (χ4v) is 2.69. The van der Waals surface area contributed by atoms with Crippen LogP contribution < -0.4 is 0 Å². The Balaban J connectivity index is 2.25. The monoisotopic (exact) mass is 280 g/mol. The average Bonchev–Trinajstić information content (AvgIpc) is 2.42. The van der Waals surface area contributed by atoms with Crippen molar-refractivity contribution in [1.29, 1.82) is 0 Å². The summed E-state index contributed by atoms with van der Waals surface area (Å²) < 4.78 is 5.44. The smallest absolute Gasteiger partial charge is 0.306 e. The van der Waals surface area contributed by atoms with E-state index in [9.17, 15) is 4.79 Å². The topological polar surface area (TPSA) is 26.3 Å². The Morgan fingerprint density at radius 2 is 1.40 bits per heavy atom. The minimum Gasteiger partial charge on any atom is -0.463 e. The van der Waals surface area contributed by atoms with E-state index in [0.29, 0.717) is 6.42 Å². The van der Waals surface area contributed by atoms with Crippen LogP contribution >= 0.6 is 0 Å². The molecule has 1 aliphatic rings. The summed E-state index contributed by atoms with van der Waals surface area (Å²) in [6.07, 6.45) is 19.9. The van der Waals surface area contributed by atoms with Crippen LogP contribution in [0, 0.1) is 0 Å². The summed E-state index contributed by atoms with van der Waals surface area (Å²) in [4.78, 5) is 11.6. The number of carbonyl (C=O) groups is 1. The Morgan fingerprint density at radius 1 is 0.850 bits per heavy atom. The lowest BCUT2D eigenvalue weighted by molar-refractivity contribution is -0.148. The zero-order valence-corrected chi connectivity index (χ0v) is 13.2. The predicted octanol–water partition coefficient (Wildman–Crippen LogP) is 5.56. The molecule has 0 fully saturated rings. The first-order chi connectivity index (χ1) is 9.79. The van der Waals surface area contributed by atoms with Crippen molar-refractivity contribution in [2.45, 2.75) is 96.5 Å². The molecule has 1 heterocycles. The van der Waals surface area contributed by atoms with Gasteiger partial charge in [0.05, 0.1) is 6.10 Å². The number of rotatable bonds is 0. The molecule has 1 aliphatic heterocycles. The summed E-state index contributed by atoms with van der Waals surface area (Å²) in [6, 6.07) is 0. The lowest BCUT2D eigenvalue weighted by Gasteiger charge is -2.13. The normalized spacial score (nSPS) is 27.1. The van der Waals surface area contributed by atoms with E-state index in [-0.39, 0.29) is 12.1 Å². The molecule has 1 atom stereocenters. The average molecular weight is 280 g/mol. The molecule has 1 rings (SSSR count). The molecule has 0 amide bonds. The Kier molecular flexibility index (Phi) is 10.3. The molecule has 0 aliphatic carbocycles. The molecule has 0 aromatic heterocycles. The number of ether oxygens (including phenoxy) is 1. The fraction of sp³-hybridized carbons (Fsp3) is 0.833. The van der Waals surface area contributed by atoms with Gasteiger partial charge >= 0.3 is 5.97 Å². The third-order valence-corrected chi connectivity index (χ3v) is 3.98. The maximum absolute atomic E-state index is 11.6. The quantitative estimate of drug-likeness (QED) is 0.429. The fourth-order valence-electron chi connectivity index (χ4n) is 2.69. The molecular formula is C18H32O2. The molecule has 2 heteroatoms. The standard InChI is InChI=1S/C18H32O2/c1-17-15-13-11-9-7-5-3-2-4-6-8-10-12-14-16-18(19)20-17/h6,8,17H,2-5,7,9-16H2,1H3/b8-6-. The summed E-state index contributed by atoms with van der Waals surface area (Å²) in [5.74, 6) is -0.0115. The SMILES string of the molecule is CC1CCCCCCCCC/C=C\CCCCC(=O)O1. The van der Waals surface area contributed by atoms with Gasteiger partial charge < -0.3 is 4.74 Å². The predicted molar refractivity (Wildman–Crippen MR) is 84.7 cm³/mol. The van der Waals surface area contributed by atoms with Gasteiger partial charge in [0, 0.05) is 6.42 Å². The Labute approximate surface area is 125 Å². The molecule has 0 aromatic rings. The number of hydrogen-bond acceptors (Lipinski definition) is 2. The zero-order chi connectivity index (χ0) is 14.5. The molecule has 2 nitrogen and oxygen atoms in total. The summed E-state index contributed by atoms with van der Waals surface area (Å²) in [5.41, 5.74) is 0. The van der Waals surface area contributed by atoms with Gasteiger partial charge in [-0.3, -0.25) is 4.79 Å². The lowest BCUT2D eigenvalue weighted by atomic mass is 10.1. The maximum atomic E-state index is 11.6. The first kappa shape index (κ1) is 17.3. The molecule has 116 valence electrons. The zero-order valence-electron chi connectivity index (χ0n) is 13.2. The third kappa shape index (κ3) is 10.1. The van der Waals surface area contributed by atoms with Crippen LogP contribution in [-0.4, -0.2) is 12.1 Å². The minimum absolute atomic E-state index is 0.0115. The van der Waals surface area contributed by atoms with Crippen LogP contribution in [0.5, 0.6) is 0 Å². The molecular weight excluding hydrogens is 248 g/mol. The second-order valence-corrected chi connectivity index (χ2v) is 6.07. The van der Waals surface area contributed by atoms with Crippen molar-refractivity contribution < 1.29 is 9.53 Å². The van der Waals surface area contributed by atoms with Crippen molar-refractivity contribution in [3.8, 4) is 0 Å². The second-order valence-electron chi connectivity index (χ2n) is 6.07. The van der Waals surface area contributed by atoms with Crippen LogP contribution in [-0.2, 0) is 9.53 Å². The molecule has 0 radical (unpaired) electrons.